The Balaban J connectivity index is 1.58. The van der Waals surface area contributed by atoms with Crippen LogP contribution < -0.4 is 0 Å². The fraction of sp³-hybridized carbons (Fsp3) is 0.542. The highest BCUT2D eigenvalue weighted by Crippen LogP contribution is 2.32. The van der Waals surface area contributed by atoms with Crippen molar-refractivity contribution in [3.63, 3.8) is 0 Å². The SMILES string of the molecule is CC[C@H]1CCCCN1C(=O)COC(=O)c1c2c(nc3ccccc13)CC[C@@H](C)C2. The smallest absolute Gasteiger partial charge is 0.339 e. The molecule has 0 unspecified atom stereocenters. The molecule has 154 valence electrons. The molecule has 1 amide bonds. The Morgan fingerprint density at radius 3 is 2.86 bits per heavy atom. The normalized spacial score (nSPS) is 21.7. The van der Waals surface area contributed by atoms with E-state index in [9.17, 15) is 9.59 Å². The van der Waals surface area contributed by atoms with Gasteiger partial charge in [-0.25, -0.2) is 4.79 Å². The number of hydrogen-bond donors (Lipinski definition) is 0. The van der Waals surface area contributed by atoms with Crippen molar-refractivity contribution >= 4 is 22.8 Å². The van der Waals surface area contributed by atoms with Gasteiger partial charge < -0.3 is 9.64 Å². The molecule has 1 fully saturated rings. The number of piperidine rings is 1. The van der Waals surface area contributed by atoms with E-state index < -0.39 is 5.97 Å². The summed E-state index contributed by atoms with van der Waals surface area (Å²) < 4.78 is 5.59. The van der Waals surface area contributed by atoms with Crippen LogP contribution in [0.15, 0.2) is 24.3 Å². The molecule has 1 aliphatic heterocycles. The quantitative estimate of drug-likeness (QED) is 0.725. The molecule has 1 saturated heterocycles. The van der Waals surface area contributed by atoms with E-state index in [4.69, 9.17) is 9.72 Å². The molecular weight excluding hydrogens is 364 g/mol. The van der Waals surface area contributed by atoms with Crippen LogP contribution in [0.5, 0.6) is 0 Å². The van der Waals surface area contributed by atoms with E-state index in [1.165, 1.54) is 0 Å². The number of aryl methyl sites for hydroxylation is 1. The summed E-state index contributed by atoms with van der Waals surface area (Å²) in [6, 6.07) is 8.00. The highest BCUT2D eigenvalue weighted by atomic mass is 16.5. The van der Waals surface area contributed by atoms with Gasteiger partial charge in [-0.05, 0) is 62.5 Å². The van der Waals surface area contributed by atoms with Gasteiger partial charge >= 0.3 is 5.97 Å². The maximum absolute atomic E-state index is 13.2. The molecule has 1 aliphatic carbocycles. The van der Waals surface area contributed by atoms with E-state index in [0.717, 1.165) is 73.7 Å². The summed E-state index contributed by atoms with van der Waals surface area (Å²) in [6.45, 7) is 4.90. The van der Waals surface area contributed by atoms with Gasteiger partial charge in [-0.2, -0.15) is 0 Å². The number of aromatic nitrogens is 1. The molecule has 2 aromatic rings. The number of nitrogens with zero attached hydrogens (tertiary/aromatic N) is 2. The number of carbonyl (C=O) groups is 2. The molecule has 2 aliphatic rings. The zero-order valence-electron chi connectivity index (χ0n) is 17.4. The summed E-state index contributed by atoms with van der Waals surface area (Å²) in [5.74, 6) is 0.0372. The van der Waals surface area contributed by atoms with Gasteiger partial charge in [-0.15, -0.1) is 0 Å². The molecule has 0 bridgehead atoms. The third kappa shape index (κ3) is 4.00. The lowest BCUT2D eigenvalue weighted by molar-refractivity contribution is -0.138. The number of likely N-dealkylation sites (tertiary alicyclic amines) is 1. The Bertz CT molecular complexity index is 924. The predicted molar refractivity (Wildman–Crippen MR) is 113 cm³/mol. The first-order chi connectivity index (χ1) is 14.1. The molecule has 0 N–H and O–H groups in total. The van der Waals surface area contributed by atoms with E-state index in [-0.39, 0.29) is 18.6 Å². The number of para-hydroxylation sites is 1. The third-order valence-electron chi connectivity index (χ3n) is 6.46. The Morgan fingerprint density at radius 1 is 1.21 bits per heavy atom. The number of esters is 1. The molecule has 5 heteroatoms. The van der Waals surface area contributed by atoms with Gasteiger partial charge in [-0.1, -0.05) is 32.0 Å². The largest absolute Gasteiger partial charge is 0.452 e. The summed E-state index contributed by atoms with van der Waals surface area (Å²) in [5.41, 5.74) is 3.43. The van der Waals surface area contributed by atoms with Crippen molar-refractivity contribution in [2.75, 3.05) is 13.2 Å². The molecule has 2 heterocycles. The van der Waals surface area contributed by atoms with Crippen LogP contribution in [0.3, 0.4) is 0 Å². The lowest BCUT2D eigenvalue weighted by atomic mass is 9.84. The molecule has 5 nitrogen and oxygen atoms in total. The first-order valence-corrected chi connectivity index (χ1v) is 11.0. The van der Waals surface area contributed by atoms with Crippen LogP contribution in [0.4, 0.5) is 0 Å². The predicted octanol–water partition coefficient (Wildman–Crippen LogP) is 4.31. The first kappa shape index (κ1) is 19.9. The molecule has 1 aromatic heterocycles. The van der Waals surface area contributed by atoms with Crippen LogP contribution in [-0.2, 0) is 22.4 Å². The molecule has 2 atom stereocenters. The van der Waals surface area contributed by atoms with Crippen LogP contribution in [0, 0.1) is 5.92 Å². The highest BCUT2D eigenvalue weighted by Gasteiger charge is 2.29. The standard InChI is InChI=1S/C24H30N2O3/c1-3-17-8-6-7-13-26(17)22(27)15-29-24(28)23-18-9-4-5-10-20(18)25-21-12-11-16(2)14-19(21)23/h4-5,9-10,16-17H,3,6-8,11-15H2,1-2H3/t16-,17+/m1/s1. The van der Waals surface area contributed by atoms with Crippen molar-refractivity contribution in [1.29, 1.82) is 0 Å². The van der Waals surface area contributed by atoms with Gasteiger partial charge in [0.2, 0.25) is 0 Å². The van der Waals surface area contributed by atoms with Crippen LogP contribution in [0.2, 0.25) is 0 Å². The fourth-order valence-electron chi connectivity index (χ4n) is 4.83. The third-order valence-corrected chi connectivity index (χ3v) is 6.46. The molecule has 0 saturated carbocycles. The monoisotopic (exact) mass is 394 g/mol. The van der Waals surface area contributed by atoms with Crippen molar-refractivity contribution in [2.45, 2.75) is 64.8 Å². The lowest BCUT2D eigenvalue weighted by Gasteiger charge is -2.35. The number of carbonyl (C=O) groups excluding carboxylic acids is 2. The topological polar surface area (TPSA) is 59.5 Å². The second-order valence-corrected chi connectivity index (χ2v) is 8.50. The van der Waals surface area contributed by atoms with E-state index in [1.807, 2.05) is 29.2 Å². The minimum absolute atomic E-state index is 0.0782. The fourth-order valence-corrected chi connectivity index (χ4v) is 4.83. The molecule has 4 rings (SSSR count). The number of hydrogen-bond acceptors (Lipinski definition) is 4. The summed E-state index contributed by atoms with van der Waals surface area (Å²) in [7, 11) is 0. The van der Waals surface area contributed by atoms with Crippen LogP contribution in [0.1, 0.15) is 67.6 Å². The van der Waals surface area contributed by atoms with E-state index in [2.05, 4.69) is 13.8 Å². The Kier molecular flexibility index (Phi) is 5.84. The molecule has 0 radical (unpaired) electrons. The molecule has 29 heavy (non-hydrogen) atoms. The van der Waals surface area contributed by atoms with E-state index in [1.54, 1.807) is 0 Å². The number of benzene rings is 1. The Labute approximate surface area is 172 Å². The van der Waals surface area contributed by atoms with Gasteiger partial charge in [0.1, 0.15) is 0 Å². The zero-order chi connectivity index (χ0) is 20.4. The molecule has 1 aromatic carbocycles. The minimum atomic E-state index is -0.396. The summed E-state index contributed by atoms with van der Waals surface area (Å²) in [5, 5.41) is 0.821. The Hall–Kier alpha value is -2.43. The van der Waals surface area contributed by atoms with E-state index in [0.29, 0.717) is 11.5 Å². The van der Waals surface area contributed by atoms with Gasteiger partial charge in [-0.3, -0.25) is 9.78 Å². The van der Waals surface area contributed by atoms with Crippen LogP contribution >= 0.6 is 0 Å². The van der Waals surface area contributed by atoms with Crippen molar-refractivity contribution < 1.29 is 14.3 Å². The van der Waals surface area contributed by atoms with Crippen LogP contribution in [0.25, 0.3) is 10.9 Å². The minimum Gasteiger partial charge on any atom is -0.452 e. The van der Waals surface area contributed by atoms with Gasteiger partial charge in [0, 0.05) is 23.7 Å². The number of rotatable bonds is 4. The number of fused-ring (bicyclic) bond motifs is 2. The Morgan fingerprint density at radius 2 is 2.03 bits per heavy atom. The second kappa shape index (κ2) is 8.52. The molecular formula is C24H30N2O3. The highest BCUT2D eigenvalue weighted by molar-refractivity contribution is 6.05. The average Bonchev–Trinajstić information content (AvgIpc) is 2.75. The van der Waals surface area contributed by atoms with Gasteiger partial charge in [0.05, 0.1) is 11.1 Å². The van der Waals surface area contributed by atoms with Gasteiger partial charge in [0.15, 0.2) is 6.61 Å². The number of amides is 1. The van der Waals surface area contributed by atoms with Crippen LogP contribution in [-0.4, -0.2) is 41.0 Å². The average molecular weight is 395 g/mol. The second-order valence-electron chi connectivity index (χ2n) is 8.50. The maximum atomic E-state index is 13.2. The van der Waals surface area contributed by atoms with Crippen molar-refractivity contribution in [1.82, 2.24) is 9.88 Å². The first-order valence-electron chi connectivity index (χ1n) is 11.0. The molecule has 0 spiro atoms. The van der Waals surface area contributed by atoms with Crippen molar-refractivity contribution in [2.24, 2.45) is 5.92 Å². The van der Waals surface area contributed by atoms with Crippen molar-refractivity contribution in [3.8, 4) is 0 Å². The van der Waals surface area contributed by atoms with Crippen molar-refractivity contribution in [3.05, 3.63) is 41.1 Å². The summed E-state index contributed by atoms with van der Waals surface area (Å²) in [4.78, 5) is 32.6. The maximum Gasteiger partial charge on any atom is 0.339 e. The van der Waals surface area contributed by atoms with E-state index >= 15 is 0 Å². The summed E-state index contributed by atoms with van der Waals surface area (Å²) in [6.07, 6.45) is 6.96. The lowest BCUT2D eigenvalue weighted by Crippen LogP contribution is -2.45. The summed E-state index contributed by atoms with van der Waals surface area (Å²) >= 11 is 0. The zero-order valence-corrected chi connectivity index (χ0v) is 17.4. The van der Waals surface area contributed by atoms with Gasteiger partial charge in [0.25, 0.3) is 5.91 Å². The number of ether oxygens (including phenoxy) is 1. The number of pyridine rings is 1.